The first kappa shape index (κ1) is 20.4. The predicted molar refractivity (Wildman–Crippen MR) is 116 cm³/mol. The summed E-state index contributed by atoms with van der Waals surface area (Å²) in [4.78, 5) is 13.2. The number of fused-ring (bicyclic) bond motifs is 2. The van der Waals surface area contributed by atoms with Crippen molar-refractivity contribution in [2.45, 2.75) is 77.9 Å². The van der Waals surface area contributed by atoms with Crippen molar-refractivity contribution in [1.29, 1.82) is 0 Å². The van der Waals surface area contributed by atoms with E-state index in [9.17, 15) is 9.90 Å². The Bertz CT molecular complexity index is 806. The number of aliphatic hydroxyl groups is 1. The maximum absolute atomic E-state index is 13.2. The van der Waals surface area contributed by atoms with Gasteiger partial charge in [-0.1, -0.05) is 64.4 Å². The lowest BCUT2D eigenvalue weighted by Gasteiger charge is -2.39. The number of urea groups is 1. The zero-order valence-corrected chi connectivity index (χ0v) is 18.2. The van der Waals surface area contributed by atoms with Gasteiger partial charge in [0.1, 0.15) is 5.60 Å². The highest BCUT2D eigenvalue weighted by Crippen LogP contribution is 2.65. The molecule has 1 aromatic rings. The van der Waals surface area contributed by atoms with Crippen molar-refractivity contribution in [2.75, 3.05) is 6.54 Å². The van der Waals surface area contributed by atoms with Gasteiger partial charge in [0.2, 0.25) is 0 Å². The lowest BCUT2D eigenvalue weighted by Crippen LogP contribution is -2.51. The number of carbonyl (C=O) groups excluding carboxylic acids is 1. The summed E-state index contributed by atoms with van der Waals surface area (Å²) >= 11 is 0. The van der Waals surface area contributed by atoms with Crippen molar-refractivity contribution in [1.82, 2.24) is 10.3 Å². The molecule has 158 valence electrons. The van der Waals surface area contributed by atoms with Gasteiger partial charge < -0.3 is 10.4 Å². The number of unbranched alkanes of at least 4 members (excludes halogenated alkanes) is 1. The maximum Gasteiger partial charge on any atom is 0.338 e. The Kier molecular flexibility index (Phi) is 5.01. The number of hydrogen-bond acceptors (Lipinski definition) is 3. The Hall–Kier alpha value is -1.88. The van der Waals surface area contributed by atoms with Gasteiger partial charge in [-0.25, -0.2) is 9.80 Å². The Labute approximate surface area is 174 Å². The van der Waals surface area contributed by atoms with Crippen molar-refractivity contribution >= 4 is 11.7 Å². The van der Waals surface area contributed by atoms with Crippen LogP contribution >= 0.6 is 0 Å². The number of carbonyl (C=O) groups is 1. The molecule has 5 nitrogen and oxygen atoms in total. The van der Waals surface area contributed by atoms with Crippen molar-refractivity contribution in [3.8, 4) is 0 Å². The Morgan fingerprint density at radius 2 is 2.00 bits per heavy atom. The second kappa shape index (κ2) is 7.12. The summed E-state index contributed by atoms with van der Waals surface area (Å²) in [5.74, 6) is 0.668. The highest BCUT2D eigenvalue weighted by atomic mass is 16.3. The van der Waals surface area contributed by atoms with Crippen LogP contribution in [0.25, 0.3) is 0 Å². The van der Waals surface area contributed by atoms with Gasteiger partial charge in [-0.05, 0) is 54.4 Å². The van der Waals surface area contributed by atoms with E-state index in [1.54, 1.807) is 0 Å². The highest BCUT2D eigenvalue weighted by Gasteiger charge is 2.62. The van der Waals surface area contributed by atoms with Crippen molar-refractivity contribution in [3.63, 3.8) is 0 Å². The van der Waals surface area contributed by atoms with E-state index in [0.29, 0.717) is 18.1 Å². The van der Waals surface area contributed by atoms with E-state index in [0.717, 1.165) is 31.2 Å². The molecule has 0 spiro atoms. The number of amides is 2. The fourth-order valence-corrected chi connectivity index (χ4v) is 5.91. The number of nitrogens with one attached hydrogen (secondary N) is 1. The predicted octanol–water partition coefficient (Wildman–Crippen LogP) is 4.66. The van der Waals surface area contributed by atoms with Crippen LogP contribution in [0.2, 0.25) is 0 Å². The van der Waals surface area contributed by atoms with Crippen LogP contribution in [-0.2, 0) is 5.60 Å². The molecule has 5 heteroatoms. The van der Waals surface area contributed by atoms with Crippen LogP contribution in [0.5, 0.6) is 0 Å². The van der Waals surface area contributed by atoms with E-state index in [1.807, 2.05) is 30.3 Å². The molecular weight excluding hydrogens is 362 g/mol. The fourth-order valence-electron chi connectivity index (χ4n) is 5.91. The molecule has 29 heavy (non-hydrogen) atoms. The average Bonchev–Trinajstić information content (AvgIpc) is 3.23. The van der Waals surface area contributed by atoms with Gasteiger partial charge in [-0.3, -0.25) is 0 Å². The maximum atomic E-state index is 13.2. The first-order chi connectivity index (χ1) is 13.7. The summed E-state index contributed by atoms with van der Waals surface area (Å²) in [7, 11) is 0. The molecule has 2 fully saturated rings. The van der Waals surface area contributed by atoms with Crippen LogP contribution in [-0.4, -0.2) is 34.4 Å². The van der Waals surface area contributed by atoms with Gasteiger partial charge in [0.25, 0.3) is 0 Å². The minimum Gasteiger partial charge on any atom is -0.377 e. The average molecular weight is 398 g/mol. The van der Waals surface area contributed by atoms with E-state index in [-0.39, 0.29) is 29.4 Å². The Balaban J connectivity index is 1.53. The number of hydrazone groups is 1. The molecule has 2 amide bonds. The zero-order chi connectivity index (χ0) is 20.9. The van der Waals surface area contributed by atoms with Crippen LogP contribution < -0.4 is 5.32 Å². The fraction of sp³-hybridized carbons (Fsp3) is 0.667. The lowest BCUT2D eigenvalue weighted by molar-refractivity contribution is 0.0856. The third-order valence-electron chi connectivity index (χ3n) is 8.44. The number of β-amino-alcohol motifs (C(OH)–C–C–N with tert-alkyl or cyclic N) is 1. The topological polar surface area (TPSA) is 64.9 Å². The molecule has 1 aromatic carbocycles. The van der Waals surface area contributed by atoms with E-state index in [4.69, 9.17) is 0 Å². The van der Waals surface area contributed by atoms with Crippen molar-refractivity contribution in [3.05, 3.63) is 35.9 Å². The molecule has 4 atom stereocenters. The number of hydrogen-bond donors (Lipinski definition) is 2. The second-order valence-corrected chi connectivity index (χ2v) is 10.0. The van der Waals surface area contributed by atoms with Crippen molar-refractivity contribution < 1.29 is 9.90 Å². The van der Waals surface area contributed by atoms with Gasteiger partial charge in [0, 0.05) is 6.04 Å². The zero-order valence-electron chi connectivity index (χ0n) is 18.2. The summed E-state index contributed by atoms with van der Waals surface area (Å²) in [6, 6.07) is 9.61. The smallest absolute Gasteiger partial charge is 0.338 e. The number of benzene rings is 1. The summed E-state index contributed by atoms with van der Waals surface area (Å²) in [5, 5.41) is 20.9. The molecule has 0 aromatic heterocycles. The molecule has 0 radical (unpaired) electrons. The molecule has 1 unspecified atom stereocenters. The van der Waals surface area contributed by atoms with Crippen LogP contribution in [0, 0.1) is 16.7 Å². The molecule has 1 heterocycles. The molecule has 1 aliphatic heterocycles. The third kappa shape index (κ3) is 3.09. The van der Waals surface area contributed by atoms with E-state index in [1.165, 1.54) is 11.4 Å². The molecular formula is C24H35N3O2. The molecule has 3 aliphatic rings. The molecule has 0 saturated heterocycles. The van der Waals surface area contributed by atoms with Crippen LogP contribution in [0.1, 0.15) is 71.8 Å². The van der Waals surface area contributed by atoms with Gasteiger partial charge >= 0.3 is 6.03 Å². The van der Waals surface area contributed by atoms with Gasteiger partial charge in [0.15, 0.2) is 0 Å². The van der Waals surface area contributed by atoms with Crippen LogP contribution in [0.4, 0.5) is 4.79 Å². The van der Waals surface area contributed by atoms with Gasteiger partial charge in [0.05, 0.1) is 12.3 Å². The lowest BCUT2D eigenvalue weighted by atomic mass is 9.69. The van der Waals surface area contributed by atoms with Crippen LogP contribution in [0.3, 0.4) is 0 Å². The van der Waals surface area contributed by atoms with Crippen LogP contribution in [0.15, 0.2) is 35.4 Å². The Morgan fingerprint density at radius 1 is 1.28 bits per heavy atom. The summed E-state index contributed by atoms with van der Waals surface area (Å²) in [6.07, 6.45) is 6.12. The standard InChI is InChI=1S/C24H35N3O2/c1-5-6-12-19-24(29,17-10-8-7-9-11-17)16-27(26-19)21(28)25-20-15-18-13-14-23(20,4)22(18,2)3/h7-11,18,20,29H,5-6,12-16H2,1-4H3,(H,25,28)/t18-,20+,23+,24?/m1/s1. The minimum atomic E-state index is -1.20. The molecule has 2 N–H and O–H groups in total. The molecule has 2 aliphatic carbocycles. The second-order valence-electron chi connectivity index (χ2n) is 10.0. The third-order valence-corrected chi connectivity index (χ3v) is 8.44. The van der Waals surface area contributed by atoms with Gasteiger partial charge in [-0.2, -0.15) is 5.10 Å². The van der Waals surface area contributed by atoms with E-state index < -0.39 is 5.60 Å². The summed E-state index contributed by atoms with van der Waals surface area (Å²) in [5.41, 5.74) is 0.665. The normalized spacial score (nSPS) is 35.1. The molecule has 4 rings (SSSR count). The first-order valence-electron chi connectivity index (χ1n) is 11.2. The molecule has 2 saturated carbocycles. The SMILES string of the molecule is CCCCC1=NN(C(=O)N[C@H]2C[C@H]3CC[C@]2(C)C3(C)C)CC1(O)c1ccccc1. The van der Waals surface area contributed by atoms with E-state index >= 15 is 0 Å². The highest BCUT2D eigenvalue weighted by molar-refractivity contribution is 5.96. The summed E-state index contributed by atoms with van der Waals surface area (Å²) < 4.78 is 0. The minimum absolute atomic E-state index is 0.123. The number of nitrogens with zero attached hydrogens (tertiary/aromatic N) is 2. The van der Waals surface area contributed by atoms with Crippen molar-refractivity contribution in [2.24, 2.45) is 21.8 Å². The summed E-state index contributed by atoms with van der Waals surface area (Å²) in [6.45, 7) is 9.33. The van der Waals surface area contributed by atoms with Gasteiger partial charge in [-0.15, -0.1) is 0 Å². The quantitative estimate of drug-likeness (QED) is 0.759. The Morgan fingerprint density at radius 3 is 2.59 bits per heavy atom. The first-order valence-corrected chi connectivity index (χ1v) is 11.2. The largest absolute Gasteiger partial charge is 0.377 e. The molecule has 2 bridgehead atoms. The monoisotopic (exact) mass is 397 g/mol. The number of rotatable bonds is 5. The van der Waals surface area contributed by atoms with E-state index in [2.05, 4.69) is 38.1 Å².